The maximum atomic E-state index is 13.4. The Balaban J connectivity index is 1.81. The third-order valence-corrected chi connectivity index (χ3v) is 7.50. The van der Waals surface area contributed by atoms with Gasteiger partial charge in [-0.1, -0.05) is 46.2 Å². The topological polar surface area (TPSA) is 129 Å². The molecule has 4 N–H and O–H groups in total. The van der Waals surface area contributed by atoms with Crippen molar-refractivity contribution in [1.82, 2.24) is 26.2 Å². The number of para-hydroxylation sites is 1. The summed E-state index contributed by atoms with van der Waals surface area (Å²) in [6.45, 7) is 11.3. The predicted molar refractivity (Wildman–Crippen MR) is 154 cm³/mol. The quantitative estimate of drug-likeness (QED) is 0.407. The molecule has 1 aromatic rings. The molecule has 0 unspecified atom stereocenters. The SMILES string of the molecule is CC(C)C[C@@H]1NC(=O)CC[C@@H](C(=O)NCCN2CCCCC2)NC(=O)c2ccccc2OC[C@@H](C(C)C)NC1=O. The Bertz CT molecular complexity index is 1010. The number of carbonyl (C=O) groups is 4. The lowest BCUT2D eigenvalue weighted by Crippen LogP contribution is -2.53. The minimum Gasteiger partial charge on any atom is -0.491 e. The number of nitrogens with zero attached hydrogens (tertiary/aromatic N) is 1. The van der Waals surface area contributed by atoms with E-state index < -0.39 is 18.0 Å². The number of fused-ring (bicyclic) bond motifs is 1. The Morgan fingerprint density at radius 1 is 1.02 bits per heavy atom. The highest BCUT2D eigenvalue weighted by atomic mass is 16.5. The van der Waals surface area contributed by atoms with Crippen LogP contribution >= 0.6 is 0 Å². The van der Waals surface area contributed by atoms with Crippen molar-refractivity contribution in [3.05, 3.63) is 29.8 Å². The second kappa shape index (κ2) is 15.6. The van der Waals surface area contributed by atoms with Gasteiger partial charge in [0.05, 0.1) is 11.6 Å². The van der Waals surface area contributed by atoms with Crippen molar-refractivity contribution in [3.63, 3.8) is 0 Å². The number of rotatable bonds is 7. The molecule has 0 aromatic heterocycles. The first-order valence-corrected chi connectivity index (χ1v) is 14.8. The Morgan fingerprint density at radius 2 is 1.75 bits per heavy atom. The fraction of sp³-hybridized carbons (Fsp3) is 0.667. The van der Waals surface area contributed by atoms with Gasteiger partial charge < -0.3 is 30.9 Å². The van der Waals surface area contributed by atoms with Crippen LogP contribution < -0.4 is 26.0 Å². The fourth-order valence-electron chi connectivity index (χ4n) is 5.04. The summed E-state index contributed by atoms with van der Waals surface area (Å²) in [7, 11) is 0. The molecule has 1 saturated heterocycles. The van der Waals surface area contributed by atoms with Gasteiger partial charge >= 0.3 is 0 Å². The lowest BCUT2D eigenvalue weighted by molar-refractivity contribution is -0.130. The summed E-state index contributed by atoms with van der Waals surface area (Å²) in [5.74, 6) is -0.804. The minimum atomic E-state index is -0.918. The predicted octanol–water partition coefficient (Wildman–Crippen LogP) is 2.23. The third-order valence-electron chi connectivity index (χ3n) is 7.50. The molecule has 40 heavy (non-hydrogen) atoms. The van der Waals surface area contributed by atoms with Crippen LogP contribution in [0, 0.1) is 11.8 Å². The molecule has 10 nitrogen and oxygen atoms in total. The van der Waals surface area contributed by atoms with Gasteiger partial charge in [-0.2, -0.15) is 0 Å². The molecule has 0 aliphatic carbocycles. The smallest absolute Gasteiger partial charge is 0.255 e. The number of carbonyl (C=O) groups excluding carboxylic acids is 4. The van der Waals surface area contributed by atoms with Gasteiger partial charge in [0.1, 0.15) is 24.4 Å². The molecule has 0 spiro atoms. The molecular weight excluding hydrogens is 510 g/mol. The van der Waals surface area contributed by atoms with Crippen LogP contribution in [0.15, 0.2) is 24.3 Å². The summed E-state index contributed by atoms with van der Waals surface area (Å²) < 4.78 is 6.05. The molecule has 0 saturated carbocycles. The van der Waals surface area contributed by atoms with Gasteiger partial charge in [-0.05, 0) is 62.7 Å². The Labute approximate surface area is 238 Å². The second-order valence-electron chi connectivity index (χ2n) is 11.7. The van der Waals surface area contributed by atoms with Gasteiger partial charge in [0.2, 0.25) is 17.7 Å². The molecule has 0 bridgehead atoms. The van der Waals surface area contributed by atoms with E-state index in [1.165, 1.54) is 6.42 Å². The van der Waals surface area contributed by atoms with Gasteiger partial charge in [-0.3, -0.25) is 19.2 Å². The highest BCUT2D eigenvalue weighted by Crippen LogP contribution is 2.20. The van der Waals surface area contributed by atoms with Gasteiger partial charge in [0.15, 0.2) is 0 Å². The molecule has 1 fully saturated rings. The van der Waals surface area contributed by atoms with E-state index in [1.54, 1.807) is 24.3 Å². The number of hydrogen-bond acceptors (Lipinski definition) is 6. The van der Waals surface area contributed by atoms with Crippen LogP contribution in [0.3, 0.4) is 0 Å². The standard InChI is InChI=1S/C30H47N5O5/c1-20(2)18-24-30(39)34-25(21(3)4)19-40-26-11-7-6-10-22(26)28(37)33-23(12-13-27(36)32-24)29(38)31-14-17-35-15-8-5-9-16-35/h6-7,10-11,20-21,23-25H,5,8-9,12-19H2,1-4H3,(H,31,38)(H,32,36)(H,33,37)(H,34,39)/t23-,24-,25-/m0/s1. The molecule has 10 heteroatoms. The number of piperidine rings is 1. The first kappa shape index (κ1) is 31.4. The van der Waals surface area contributed by atoms with Crippen molar-refractivity contribution in [2.24, 2.45) is 11.8 Å². The fourth-order valence-corrected chi connectivity index (χ4v) is 5.04. The average molecular weight is 558 g/mol. The molecular formula is C30H47N5O5. The van der Waals surface area contributed by atoms with Crippen LogP contribution in [0.1, 0.15) is 76.6 Å². The monoisotopic (exact) mass is 557 g/mol. The van der Waals surface area contributed by atoms with Gasteiger partial charge in [0.25, 0.3) is 5.91 Å². The Kier molecular flexibility index (Phi) is 12.2. The van der Waals surface area contributed by atoms with Crippen molar-refractivity contribution < 1.29 is 23.9 Å². The van der Waals surface area contributed by atoms with Crippen molar-refractivity contribution in [3.8, 4) is 5.75 Å². The molecule has 2 aliphatic rings. The second-order valence-corrected chi connectivity index (χ2v) is 11.7. The number of ether oxygens (including phenoxy) is 1. The normalized spacial score (nSPS) is 23.6. The van der Waals surface area contributed by atoms with Crippen LogP contribution in [0.25, 0.3) is 0 Å². The van der Waals surface area contributed by atoms with E-state index in [0.29, 0.717) is 24.3 Å². The maximum Gasteiger partial charge on any atom is 0.255 e. The number of amides is 4. The molecule has 3 atom stereocenters. The highest BCUT2D eigenvalue weighted by Gasteiger charge is 2.29. The van der Waals surface area contributed by atoms with Crippen molar-refractivity contribution >= 4 is 23.6 Å². The zero-order chi connectivity index (χ0) is 29.1. The molecule has 222 valence electrons. The molecule has 3 rings (SSSR count). The lowest BCUT2D eigenvalue weighted by Gasteiger charge is -2.27. The average Bonchev–Trinajstić information content (AvgIpc) is 2.92. The molecule has 2 heterocycles. The van der Waals surface area contributed by atoms with E-state index in [-0.39, 0.29) is 55.0 Å². The summed E-state index contributed by atoms with van der Waals surface area (Å²) >= 11 is 0. The van der Waals surface area contributed by atoms with Gasteiger partial charge in [0, 0.05) is 19.5 Å². The maximum absolute atomic E-state index is 13.4. The number of hydrogen-bond donors (Lipinski definition) is 4. The summed E-state index contributed by atoms with van der Waals surface area (Å²) in [5, 5.41) is 11.7. The van der Waals surface area contributed by atoms with E-state index >= 15 is 0 Å². The number of nitrogens with one attached hydrogen (secondary N) is 4. The molecule has 1 aromatic carbocycles. The van der Waals surface area contributed by atoms with E-state index in [2.05, 4.69) is 26.2 Å². The van der Waals surface area contributed by atoms with Crippen molar-refractivity contribution in [2.75, 3.05) is 32.8 Å². The summed E-state index contributed by atoms with van der Waals surface area (Å²) in [5.41, 5.74) is 0.291. The Hall–Kier alpha value is -3.14. The third kappa shape index (κ3) is 9.80. The minimum absolute atomic E-state index is 0.0158. The summed E-state index contributed by atoms with van der Waals surface area (Å²) in [6, 6.07) is 4.88. The van der Waals surface area contributed by atoms with Crippen molar-refractivity contribution in [1.29, 1.82) is 0 Å². The number of benzene rings is 1. The van der Waals surface area contributed by atoms with E-state index in [9.17, 15) is 19.2 Å². The van der Waals surface area contributed by atoms with E-state index in [1.807, 2.05) is 27.7 Å². The highest BCUT2D eigenvalue weighted by molar-refractivity contribution is 5.99. The van der Waals surface area contributed by atoms with Crippen molar-refractivity contribution in [2.45, 2.75) is 84.3 Å². The van der Waals surface area contributed by atoms with Crippen LogP contribution in [0.5, 0.6) is 5.75 Å². The lowest BCUT2D eigenvalue weighted by atomic mass is 10.0. The van der Waals surface area contributed by atoms with Gasteiger partial charge in [-0.15, -0.1) is 0 Å². The Morgan fingerprint density at radius 3 is 2.45 bits per heavy atom. The van der Waals surface area contributed by atoms with Crippen LogP contribution in [0.2, 0.25) is 0 Å². The largest absolute Gasteiger partial charge is 0.491 e. The zero-order valence-electron chi connectivity index (χ0n) is 24.5. The van der Waals surface area contributed by atoms with Gasteiger partial charge in [-0.25, -0.2) is 0 Å². The molecule has 4 amide bonds. The summed E-state index contributed by atoms with van der Waals surface area (Å²) in [6.07, 6.45) is 4.12. The molecule has 2 aliphatic heterocycles. The van der Waals surface area contributed by atoms with E-state index in [4.69, 9.17) is 4.74 Å². The first-order valence-electron chi connectivity index (χ1n) is 14.8. The van der Waals surface area contributed by atoms with E-state index in [0.717, 1.165) is 32.5 Å². The number of likely N-dealkylation sites (tertiary alicyclic amines) is 1. The van der Waals surface area contributed by atoms with Crippen LogP contribution in [-0.2, 0) is 14.4 Å². The first-order chi connectivity index (χ1) is 19.1. The van der Waals surface area contributed by atoms with Crippen LogP contribution in [0.4, 0.5) is 0 Å². The zero-order valence-corrected chi connectivity index (χ0v) is 24.5. The molecule has 0 radical (unpaired) electrons. The summed E-state index contributed by atoms with van der Waals surface area (Å²) in [4.78, 5) is 55.1. The van der Waals surface area contributed by atoms with Crippen LogP contribution in [-0.4, -0.2) is 79.4 Å².